The summed E-state index contributed by atoms with van der Waals surface area (Å²) in [6, 6.07) is 9.63. The van der Waals surface area contributed by atoms with E-state index in [9.17, 15) is 29.4 Å². The SMILES string of the molecule is CCCN(C(=O)C(Cc1ccc(O)cc1)NC(=O)OC(C)(C)C)C(C(=O)NCC(=O)OC)c1ccc(O)cc1. The first-order valence-electron chi connectivity index (χ1n) is 12.6. The predicted octanol–water partition coefficient (Wildman–Crippen LogP) is 2.80. The molecule has 2 unspecified atom stereocenters. The van der Waals surface area contributed by atoms with Crippen LogP contribution in [0.4, 0.5) is 4.79 Å². The van der Waals surface area contributed by atoms with Gasteiger partial charge in [-0.1, -0.05) is 31.2 Å². The number of hydrogen-bond acceptors (Lipinski definition) is 8. The molecular weight excluding hydrogens is 506 g/mol. The van der Waals surface area contributed by atoms with E-state index in [1.807, 2.05) is 6.92 Å². The summed E-state index contributed by atoms with van der Waals surface area (Å²) in [6.45, 7) is 6.64. The molecule has 4 N–H and O–H groups in total. The average Bonchev–Trinajstić information content (AvgIpc) is 2.87. The van der Waals surface area contributed by atoms with Crippen LogP contribution in [0.1, 0.15) is 51.3 Å². The number of methoxy groups -OCH3 is 1. The van der Waals surface area contributed by atoms with Crippen molar-refractivity contribution in [2.24, 2.45) is 0 Å². The molecule has 0 aliphatic heterocycles. The lowest BCUT2D eigenvalue weighted by atomic mass is 10.00. The van der Waals surface area contributed by atoms with E-state index >= 15 is 0 Å². The molecule has 2 aromatic carbocycles. The molecule has 39 heavy (non-hydrogen) atoms. The van der Waals surface area contributed by atoms with E-state index < -0.39 is 48.1 Å². The molecule has 0 heterocycles. The van der Waals surface area contributed by atoms with Gasteiger partial charge >= 0.3 is 12.1 Å². The number of esters is 1. The maximum absolute atomic E-state index is 14.1. The molecule has 212 valence electrons. The zero-order valence-corrected chi connectivity index (χ0v) is 22.9. The van der Waals surface area contributed by atoms with Crippen LogP contribution in [0.3, 0.4) is 0 Å². The molecule has 11 heteroatoms. The van der Waals surface area contributed by atoms with Gasteiger partial charge in [0.25, 0.3) is 0 Å². The molecule has 2 aromatic rings. The summed E-state index contributed by atoms with van der Waals surface area (Å²) in [5.41, 5.74) is 0.217. The Hall–Kier alpha value is -4.28. The fraction of sp³-hybridized carbons (Fsp3) is 0.429. The smallest absolute Gasteiger partial charge is 0.408 e. The van der Waals surface area contributed by atoms with Gasteiger partial charge in [0, 0.05) is 13.0 Å². The number of phenolic OH excluding ortho intramolecular Hbond substituents is 2. The zero-order valence-electron chi connectivity index (χ0n) is 22.9. The van der Waals surface area contributed by atoms with Crippen LogP contribution in [-0.4, -0.2) is 70.8 Å². The minimum atomic E-state index is -1.19. The van der Waals surface area contributed by atoms with Crippen LogP contribution in [-0.2, 0) is 30.3 Å². The normalized spacial score (nSPS) is 12.5. The van der Waals surface area contributed by atoms with Gasteiger partial charge in [-0.15, -0.1) is 0 Å². The number of alkyl carbamates (subject to hydrolysis) is 1. The Morgan fingerprint density at radius 2 is 1.51 bits per heavy atom. The maximum Gasteiger partial charge on any atom is 0.408 e. The largest absolute Gasteiger partial charge is 0.508 e. The lowest BCUT2D eigenvalue weighted by molar-refractivity contribution is -0.144. The number of rotatable bonds is 11. The number of hydrogen-bond donors (Lipinski definition) is 4. The van der Waals surface area contributed by atoms with E-state index in [0.29, 0.717) is 17.5 Å². The first kappa shape index (κ1) is 30.9. The topological polar surface area (TPSA) is 154 Å². The van der Waals surface area contributed by atoms with Crippen LogP contribution in [0.25, 0.3) is 0 Å². The van der Waals surface area contributed by atoms with Crippen LogP contribution in [0.5, 0.6) is 11.5 Å². The number of phenols is 2. The molecule has 0 radical (unpaired) electrons. The Morgan fingerprint density at radius 1 is 0.949 bits per heavy atom. The highest BCUT2D eigenvalue weighted by atomic mass is 16.6. The Bertz CT molecular complexity index is 1130. The van der Waals surface area contributed by atoms with Gasteiger partial charge < -0.3 is 35.2 Å². The minimum Gasteiger partial charge on any atom is -0.508 e. The fourth-order valence-electron chi connectivity index (χ4n) is 3.78. The van der Waals surface area contributed by atoms with E-state index in [-0.39, 0.29) is 24.5 Å². The third kappa shape index (κ3) is 9.84. The number of amides is 3. The number of ether oxygens (including phenoxy) is 2. The van der Waals surface area contributed by atoms with Gasteiger partial charge in [0.2, 0.25) is 11.8 Å². The van der Waals surface area contributed by atoms with Crippen molar-refractivity contribution in [1.82, 2.24) is 15.5 Å². The number of nitrogens with zero attached hydrogens (tertiary/aromatic N) is 1. The van der Waals surface area contributed by atoms with Gasteiger partial charge in [0.05, 0.1) is 7.11 Å². The third-order valence-electron chi connectivity index (χ3n) is 5.52. The zero-order chi connectivity index (χ0) is 29.2. The summed E-state index contributed by atoms with van der Waals surface area (Å²) >= 11 is 0. The molecular formula is C28H37N3O8. The molecule has 0 fully saturated rings. The first-order chi connectivity index (χ1) is 18.3. The van der Waals surface area contributed by atoms with Crippen molar-refractivity contribution in [2.75, 3.05) is 20.2 Å². The van der Waals surface area contributed by atoms with Crippen LogP contribution in [0, 0.1) is 0 Å². The highest BCUT2D eigenvalue weighted by Gasteiger charge is 2.36. The molecule has 3 amide bonds. The molecule has 2 atom stereocenters. The highest BCUT2D eigenvalue weighted by Crippen LogP contribution is 2.25. The number of benzene rings is 2. The van der Waals surface area contributed by atoms with Gasteiger partial charge in [-0.25, -0.2) is 4.79 Å². The van der Waals surface area contributed by atoms with Gasteiger partial charge in [0.15, 0.2) is 0 Å². The maximum atomic E-state index is 14.1. The quantitative estimate of drug-likeness (QED) is 0.316. The van der Waals surface area contributed by atoms with Gasteiger partial charge in [-0.3, -0.25) is 14.4 Å². The lowest BCUT2D eigenvalue weighted by Gasteiger charge is -2.34. The predicted molar refractivity (Wildman–Crippen MR) is 143 cm³/mol. The second-order valence-electron chi connectivity index (χ2n) is 9.89. The van der Waals surface area contributed by atoms with Crippen molar-refractivity contribution in [3.63, 3.8) is 0 Å². The third-order valence-corrected chi connectivity index (χ3v) is 5.52. The number of carbonyl (C=O) groups excluding carboxylic acids is 4. The van der Waals surface area contributed by atoms with Crippen LogP contribution >= 0.6 is 0 Å². The van der Waals surface area contributed by atoms with E-state index in [1.54, 1.807) is 32.9 Å². The monoisotopic (exact) mass is 543 g/mol. The van der Waals surface area contributed by atoms with Crippen LogP contribution in [0.15, 0.2) is 48.5 Å². The van der Waals surface area contributed by atoms with Crippen molar-refractivity contribution >= 4 is 23.9 Å². The number of carbonyl (C=O) groups is 4. The molecule has 0 spiro atoms. The summed E-state index contributed by atoms with van der Waals surface area (Å²) in [6.07, 6.45) is -0.291. The van der Waals surface area contributed by atoms with Gasteiger partial charge in [0.1, 0.15) is 35.7 Å². The first-order valence-corrected chi connectivity index (χ1v) is 12.6. The molecule has 0 aliphatic rings. The number of nitrogens with one attached hydrogen (secondary N) is 2. The Kier molecular flexibility index (Phi) is 11.1. The van der Waals surface area contributed by atoms with Crippen LogP contribution in [0.2, 0.25) is 0 Å². The molecule has 0 aromatic heterocycles. The second kappa shape index (κ2) is 14.0. The summed E-state index contributed by atoms with van der Waals surface area (Å²) in [7, 11) is 1.19. The van der Waals surface area contributed by atoms with Gasteiger partial charge in [-0.05, 0) is 62.6 Å². The Labute approximate surface area is 228 Å². The van der Waals surface area contributed by atoms with Crippen LogP contribution < -0.4 is 10.6 Å². The van der Waals surface area contributed by atoms with Crippen molar-refractivity contribution in [2.45, 2.75) is 58.2 Å². The van der Waals surface area contributed by atoms with E-state index in [2.05, 4.69) is 15.4 Å². The average molecular weight is 544 g/mol. The fourth-order valence-corrected chi connectivity index (χ4v) is 3.78. The summed E-state index contributed by atoms with van der Waals surface area (Å²) in [5, 5.41) is 24.6. The van der Waals surface area contributed by atoms with Crippen molar-refractivity contribution in [3.8, 4) is 11.5 Å². The summed E-state index contributed by atoms with van der Waals surface area (Å²) < 4.78 is 9.99. The standard InChI is InChI=1S/C28H37N3O8/c1-6-15-31(24(19-9-13-21(33)14-10-19)25(35)29-17-23(34)38-5)26(36)22(30-27(37)39-28(2,3)4)16-18-7-11-20(32)12-8-18/h7-14,22,24,32-33H,6,15-17H2,1-5H3,(H,29,35)(H,30,37). The number of aromatic hydroxyl groups is 2. The molecule has 0 saturated heterocycles. The van der Waals surface area contributed by atoms with Crippen molar-refractivity contribution in [3.05, 3.63) is 59.7 Å². The van der Waals surface area contributed by atoms with Crippen molar-refractivity contribution in [1.29, 1.82) is 0 Å². The van der Waals surface area contributed by atoms with Crippen molar-refractivity contribution < 1.29 is 38.9 Å². The molecule has 2 rings (SSSR count). The van der Waals surface area contributed by atoms with Gasteiger partial charge in [-0.2, -0.15) is 0 Å². The molecule has 0 aliphatic carbocycles. The molecule has 0 bridgehead atoms. The Morgan fingerprint density at radius 3 is 2.03 bits per heavy atom. The van der Waals surface area contributed by atoms with E-state index in [0.717, 1.165) is 0 Å². The van der Waals surface area contributed by atoms with E-state index in [1.165, 1.54) is 48.4 Å². The minimum absolute atomic E-state index is 0.0300. The molecule has 11 nitrogen and oxygen atoms in total. The molecule has 0 saturated carbocycles. The van der Waals surface area contributed by atoms with E-state index in [4.69, 9.17) is 4.74 Å². The second-order valence-corrected chi connectivity index (χ2v) is 9.89. The summed E-state index contributed by atoms with van der Waals surface area (Å²) in [4.78, 5) is 53.2. The highest BCUT2D eigenvalue weighted by molar-refractivity contribution is 5.93. The Balaban J connectivity index is 2.50. The lowest BCUT2D eigenvalue weighted by Crippen LogP contribution is -2.54. The summed E-state index contributed by atoms with van der Waals surface area (Å²) in [5.74, 6) is -1.87.